The summed E-state index contributed by atoms with van der Waals surface area (Å²) in [5, 5.41) is 16.4. The van der Waals surface area contributed by atoms with Crippen LogP contribution in [-0.4, -0.2) is 16.8 Å². The quantitative estimate of drug-likeness (QED) is 0.499. The number of nitrogens with zero attached hydrogens (tertiary/aromatic N) is 1. The number of nitro benzene ring substituents is 1. The topological polar surface area (TPSA) is 85.7 Å². The van der Waals surface area contributed by atoms with E-state index < -0.39 is 10.7 Å². The second-order valence-electron chi connectivity index (χ2n) is 4.92. The number of fused-ring (bicyclic) bond motifs is 1. The van der Waals surface area contributed by atoms with Gasteiger partial charge in [0.2, 0.25) is 6.79 Å². The molecule has 0 fully saturated rings. The Labute approximate surface area is 141 Å². The van der Waals surface area contributed by atoms with Crippen LogP contribution < -0.4 is 20.1 Å². The van der Waals surface area contributed by atoms with Crippen LogP contribution in [0.2, 0.25) is 0 Å². The maximum atomic E-state index is 13.7. The molecule has 0 atom stereocenters. The molecule has 124 valence electrons. The lowest BCUT2D eigenvalue weighted by Gasteiger charge is -2.11. The smallest absolute Gasteiger partial charge is 0.271 e. The van der Waals surface area contributed by atoms with Crippen LogP contribution in [-0.2, 0) is 6.54 Å². The largest absolute Gasteiger partial charge is 0.454 e. The number of ether oxygens (including phenoxy) is 2. The summed E-state index contributed by atoms with van der Waals surface area (Å²) >= 11 is 5.09. The average Bonchev–Trinajstić information content (AvgIpc) is 3.02. The Balaban J connectivity index is 1.62. The van der Waals surface area contributed by atoms with Gasteiger partial charge in [0.1, 0.15) is 5.82 Å². The summed E-state index contributed by atoms with van der Waals surface area (Å²) in [5.41, 5.74) is 0.604. The Hall–Kier alpha value is -2.94. The van der Waals surface area contributed by atoms with Crippen molar-refractivity contribution >= 4 is 28.7 Å². The van der Waals surface area contributed by atoms with Gasteiger partial charge >= 0.3 is 0 Å². The van der Waals surface area contributed by atoms with Gasteiger partial charge < -0.3 is 20.1 Å². The van der Waals surface area contributed by atoms with Crippen molar-refractivity contribution in [3.8, 4) is 11.5 Å². The Bertz CT molecular complexity index is 815. The molecule has 2 aromatic rings. The summed E-state index contributed by atoms with van der Waals surface area (Å²) in [4.78, 5) is 10.1. The van der Waals surface area contributed by atoms with E-state index >= 15 is 0 Å². The highest BCUT2D eigenvalue weighted by Crippen LogP contribution is 2.32. The third kappa shape index (κ3) is 3.51. The predicted molar refractivity (Wildman–Crippen MR) is 88.7 cm³/mol. The van der Waals surface area contributed by atoms with Crippen LogP contribution in [0.25, 0.3) is 0 Å². The third-order valence-electron chi connectivity index (χ3n) is 3.30. The van der Waals surface area contributed by atoms with Gasteiger partial charge in [-0.3, -0.25) is 10.1 Å². The monoisotopic (exact) mass is 349 g/mol. The molecule has 0 saturated carbocycles. The predicted octanol–water partition coefficient (Wildman–Crippen LogP) is 2.95. The molecule has 0 amide bonds. The normalized spacial score (nSPS) is 11.9. The third-order valence-corrected chi connectivity index (χ3v) is 3.55. The molecule has 1 aliphatic rings. The lowest BCUT2D eigenvalue weighted by atomic mass is 10.2. The van der Waals surface area contributed by atoms with Crippen LogP contribution in [0.5, 0.6) is 11.5 Å². The highest BCUT2D eigenvalue weighted by molar-refractivity contribution is 7.80. The van der Waals surface area contributed by atoms with E-state index in [2.05, 4.69) is 10.6 Å². The van der Waals surface area contributed by atoms with Gasteiger partial charge in [0.15, 0.2) is 16.6 Å². The molecule has 3 rings (SSSR count). The second-order valence-corrected chi connectivity index (χ2v) is 5.32. The first-order valence-corrected chi connectivity index (χ1v) is 7.31. The van der Waals surface area contributed by atoms with E-state index in [1.807, 2.05) is 12.1 Å². The van der Waals surface area contributed by atoms with Gasteiger partial charge in [-0.2, -0.15) is 0 Å². The Morgan fingerprint density at radius 3 is 2.83 bits per heavy atom. The van der Waals surface area contributed by atoms with Crippen molar-refractivity contribution in [2.24, 2.45) is 0 Å². The molecule has 0 radical (unpaired) electrons. The molecule has 1 aliphatic heterocycles. The Kier molecular flexibility index (Phi) is 4.43. The number of non-ortho nitro benzene ring substituents is 1. The fourth-order valence-corrected chi connectivity index (χ4v) is 2.30. The summed E-state index contributed by atoms with van der Waals surface area (Å²) < 4.78 is 24.2. The molecule has 9 heteroatoms. The van der Waals surface area contributed by atoms with Crippen LogP contribution >= 0.6 is 12.2 Å². The van der Waals surface area contributed by atoms with Gasteiger partial charge in [0, 0.05) is 18.7 Å². The van der Waals surface area contributed by atoms with Crippen molar-refractivity contribution in [1.82, 2.24) is 5.32 Å². The van der Waals surface area contributed by atoms with Gasteiger partial charge in [-0.1, -0.05) is 6.07 Å². The van der Waals surface area contributed by atoms with Gasteiger partial charge in [-0.15, -0.1) is 0 Å². The molecule has 7 nitrogen and oxygen atoms in total. The Morgan fingerprint density at radius 2 is 2.04 bits per heavy atom. The van der Waals surface area contributed by atoms with E-state index in [0.29, 0.717) is 18.0 Å². The van der Waals surface area contributed by atoms with Crippen molar-refractivity contribution in [3.63, 3.8) is 0 Å². The van der Waals surface area contributed by atoms with Crippen LogP contribution in [0.3, 0.4) is 0 Å². The number of halogens is 1. The average molecular weight is 349 g/mol. The zero-order valence-corrected chi connectivity index (χ0v) is 13.1. The minimum atomic E-state index is -0.632. The Morgan fingerprint density at radius 1 is 1.25 bits per heavy atom. The molecule has 2 aromatic carbocycles. The molecule has 0 aromatic heterocycles. The number of hydrogen-bond acceptors (Lipinski definition) is 5. The number of nitro groups is 1. The van der Waals surface area contributed by atoms with Crippen molar-refractivity contribution in [1.29, 1.82) is 0 Å². The molecule has 0 saturated heterocycles. The van der Waals surface area contributed by atoms with E-state index in [4.69, 9.17) is 21.7 Å². The summed E-state index contributed by atoms with van der Waals surface area (Å²) in [7, 11) is 0. The van der Waals surface area contributed by atoms with E-state index in [0.717, 1.165) is 23.8 Å². The molecule has 0 aliphatic carbocycles. The number of nitrogens with one attached hydrogen (secondary N) is 2. The number of rotatable bonds is 4. The first kappa shape index (κ1) is 15.9. The second kappa shape index (κ2) is 6.67. The minimum absolute atomic E-state index is 0.0626. The maximum absolute atomic E-state index is 13.7. The standard InChI is InChI=1S/C15H12FN3O4S/c16-11-3-2-10(19(20)21)6-12(11)18-15(24)17-7-9-1-4-13-14(5-9)23-8-22-13/h1-6H,7-8H2,(H2,17,18,24). The molecule has 0 unspecified atom stereocenters. The minimum Gasteiger partial charge on any atom is -0.454 e. The highest BCUT2D eigenvalue weighted by atomic mass is 32.1. The number of anilines is 1. The number of benzene rings is 2. The first-order valence-electron chi connectivity index (χ1n) is 6.90. The maximum Gasteiger partial charge on any atom is 0.271 e. The van der Waals surface area contributed by atoms with Gasteiger partial charge in [0.25, 0.3) is 5.69 Å². The van der Waals surface area contributed by atoms with E-state index in [1.54, 1.807) is 6.07 Å². The fraction of sp³-hybridized carbons (Fsp3) is 0.133. The summed E-state index contributed by atoms with van der Waals surface area (Å²) in [6.07, 6.45) is 0. The molecule has 0 bridgehead atoms. The van der Waals surface area contributed by atoms with E-state index in [9.17, 15) is 14.5 Å². The van der Waals surface area contributed by atoms with Gasteiger partial charge in [-0.05, 0) is 36.0 Å². The summed E-state index contributed by atoms with van der Waals surface area (Å²) in [6.45, 7) is 0.567. The zero-order chi connectivity index (χ0) is 17.1. The lowest BCUT2D eigenvalue weighted by molar-refractivity contribution is -0.384. The van der Waals surface area contributed by atoms with Crippen molar-refractivity contribution < 1.29 is 18.8 Å². The SMILES string of the molecule is O=[N+]([O-])c1ccc(F)c(NC(=S)NCc2ccc3c(c2)OCO3)c1. The molecular weight excluding hydrogens is 337 g/mol. The zero-order valence-electron chi connectivity index (χ0n) is 12.2. The number of hydrogen-bond donors (Lipinski definition) is 2. The van der Waals surface area contributed by atoms with Crippen molar-refractivity contribution in [2.45, 2.75) is 6.54 Å². The van der Waals surface area contributed by atoms with Crippen LogP contribution in [0.1, 0.15) is 5.56 Å². The molecular formula is C15H12FN3O4S. The molecule has 24 heavy (non-hydrogen) atoms. The lowest BCUT2D eigenvalue weighted by Crippen LogP contribution is -2.28. The fourth-order valence-electron chi connectivity index (χ4n) is 2.12. The number of thiocarbonyl (C=S) groups is 1. The van der Waals surface area contributed by atoms with Crippen LogP contribution in [0.4, 0.5) is 15.8 Å². The van der Waals surface area contributed by atoms with Crippen LogP contribution in [0, 0.1) is 15.9 Å². The van der Waals surface area contributed by atoms with Gasteiger partial charge in [0.05, 0.1) is 10.6 Å². The van der Waals surface area contributed by atoms with Crippen molar-refractivity contribution in [2.75, 3.05) is 12.1 Å². The molecule has 2 N–H and O–H groups in total. The van der Waals surface area contributed by atoms with Gasteiger partial charge in [-0.25, -0.2) is 4.39 Å². The van der Waals surface area contributed by atoms with E-state index in [-0.39, 0.29) is 23.3 Å². The highest BCUT2D eigenvalue weighted by Gasteiger charge is 2.14. The molecule has 1 heterocycles. The van der Waals surface area contributed by atoms with Crippen molar-refractivity contribution in [3.05, 3.63) is 57.9 Å². The summed E-state index contributed by atoms with van der Waals surface area (Å²) in [6, 6.07) is 8.63. The summed E-state index contributed by atoms with van der Waals surface area (Å²) in [5.74, 6) is 0.698. The first-order chi connectivity index (χ1) is 11.5. The molecule has 0 spiro atoms. The van der Waals surface area contributed by atoms with Crippen LogP contribution in [0.15, 0.2) is 36.4 Å². The van der Waals surface area contributed by atoms with E-state index in [1.165, 1.54) is 0 Å².